The van der Waals surface area contributed by atoms with E-state index in [1.54, 1.807) is 24.3 Å². The second-order valence-electron chi connectivity index (χ2n) is 4.14. The zero-order valence-electron chi connectivity index (χ0n) is 10.6. The van der Waals surface area contributed by atoms with Gasteiger partial charge in [0.2, 0.25) is 0 Å². The van der Waals surface area contributed by atoms with Crippen molar-refractivity contribution in [3.63, 3.8) is 0 Å². The summed E-state index contributed by atoms with van der Waals surface area (Å²) in [4.78, 5) is -0.315. The molecule has 4 nitrogen and oxygen atoms in total. The second kappa shape index (κ2) is 5.92. The van der Waals surface area contributed by atoms with E-state index in [9.17, 15) is 12.8 Å². The van der Waals surface area contributed by atoms with Crippen LogP contribution in [-0.4, -0.2) is 20.8 Å². The first-order chi connectivity index (χ1) is 9.50. The molecule has 2 rings (SSSR count). The summed E-state index contributed by atoms with van der Waals surface area (Å²) in [6.07, 6.45) is 0. The van der Waals surface area contributed by atoms with Crippen LogP contribution in [0.25, 0.3) is 0 Å². The van der Waals surface area contributed by atoms with Gasteiger partial charge in [0.1, 0.15) is 23.1 Å². The van der Waals surface area contributed by atoms with Crippen LogP contribution >= 0.6 is 0 Å². The molecule has 2 N–H and O–H groups in total. The molecule has 2 aromatic carbocycles. The van der Waals surface area contributed by atoms with Crippen molar-refractivity contribution in [2.45, 2.75) is 4.90 Å². The Bertz CT molecular complexity index is 701. The third-order valence-electron chi connectivity index (χ3n) is 2.70. The number of halogens is 1. The van der Waals surface area contributed by atoms with Gasteiger partial charge in [-0.1, -0.05) is 24.3 Å². The van der Waals surface area contributed by atoms with Crippen LogP contribution in [0.4, 0.5) is 10.1 Å². The van der Waals surface area contributed by atoms with Crippen molar-refractivity contribution < 1.29 is 17.5 Å². The van der Waals surface area contributed by atoms with Crippen LogP contribution in [0.15, 0.2) is 53.4 Å². The Labute approximate surface area is 116 Å². The molecule has 0 aliphatic rings. The quantitative estimate of drug-likeness (QED) is 0.859. The Kier molecular flexibility index (Phi) is 4.24. The van der Waals surface area contributed by atoms with E-state index in [0.717, 1.165) is 6.07 Å². The van der Waals surface area contributed by atoms with Gasteiger partial charge in [-0.05, 0) is 24.3 Å². The van der Waals surface area contributed by atoms with E-state index < -0.39 is 15.7 Å². The minimum Gasteiger partial charge on any atom is -0.490 e. The fourth-order valence-corrected chi connectivity index (χ4v) is 2.85. The Balaban J connectivity index is 2.04. The molecular weight excluding hydrogens is 281 g/mol. The highest BCUT2D eigenvalue weighted by molar-refractivity contribution is 7.91. The first kappa shape index (κ1) is 14.3. The number of anilines is 1. The van der Waals surface area contributed by atoms with Gasteiger partial charge in [-0.15, -0.1) is 0 Å². The predicted molar refractivity (Wildman–Crippen MR) is 74.8 cm³/mol. The van der Waals surface area contributed by atoms with Crippen molar-refractivity contribution in [2.75, 3.05) is 18.1 Å². The van der Waals surface area contributed by atoms with Gasteiger partial charge in [0.25, 0.3) is 0 Å². The van der Waals surface area contributed by atoms with Crippen LogP contribution in [0.5, 0.6) is 5.75 Å². The van der Waals surface area contributed by atoms with E-state index in [2.05, 4.69) is 0 Å². The number of nitrogen functional groups attached to an aromatic ring is 1. The van der Waals surface area contributed by atoms with Crippen LogP contribution in [0.2, 0.25) is 0 Å². The lowest BCUT2D eigenvalue weighted by Gasteiger charge is -2.09. The number of nitrogens with two attached hydrogens (primary N) is 1. The van der Waals surface area contributed by atoms with Gasteiger partial charge in [-0.25, -0.2) is 12.8 Å². The summed E-state index contributed by atoms with van der Waals surface area (Å²) < 4.78 is 42.7. The Morgan fingerprint density at radius 1 is 1.05 bits per heavy atom. The van der Waals surface area contributed by atoms with E-state index in [-0.39, 0.29) is 17.3 Å². The number of rotatable bonds is 5. The molecule has 0 bridgehead atoms. The van der Waals surface area contributed by atoms with Crippen LogP contribution in [-0.2, 0) is 9.84 Å². The van der Waals surface area contributed by atoms with Crippen molar-refractivity contribution in [1.29, 1.82) is 0 Å². The molecule has 0 aromatic heterocycles. The summed E-state index contributed by atoms with van der Waals surface area (Å²) in [7, 11) is -3.71. The fourth-order valence-electron chi connectivity index (χ4n) is 1.68. The molecule has 0 heterocycles. The van der Waals surface area contributed by atoms with Gasteiger partial charge in [0.15, 0.2) is 9.84 Å². The number of para-hydroxylation sites is 2. The molecule has 20 heavy (non-hydrogen) atoms. The van der Waals surface area contributed by atoms with Crippen molar-refractivity contribution >= 4 is 15.5 Å². The summed E-state index contributed by atoms with van der Waals surface area (Å²) >= 11 is 0. The zero-order valence-corrected chi connectivity index (χ0v) is 11.4. The number of sulfone groups is 1. The highest BCUT2D eigenvalue weighted by Gasteiger charge is 2.18. The average Bonchev–Trinajstić information content (AvgIpc) is 2.41. The van der Waals surface area contributed by atoms with Crippen molar-refractivity contribution in [3.8, 4) is 5.75 Å². The molecule has 0 saturated heterocycles. The largest absolute Gasteiger partial charge is 0.490 e. The summed E-state index contributed by atoms with van der Waals surface area (Å²) in [6.45, 7) is -0.0924. The maximum absolute atomic E-state index is 13.5. The lowest BCUT2D eigenvalue weighted by molar-refractivity contribution is 0.342. The van der Waals surface area contributed by atoms with E-state index in [1.165, 1.54) is 18.2 Å². The molecule has 0 aliphatic carbocycles. The predicted octanol–water partition coefficient (Wildman–Crippen LogP) is 2.26. The van der Waals surface area contributed by atoms with E-state index >= 15 is 0 Å². The van der Waals surface area contributed by atoms with E-state index in [0.29, 0.717) is 11.4 Å². The first-order valence-corrected chi connectivity index (χ1v) is 7.60. The molecule has 2 aromatic rings. The maximum Gasteiger partial charge on any atom is 0.184 e. The average molecular weight is 295 g/mol. The highest BCUT2D eigenvalue weighted by Crippen LogP contribution is 2.20. The molecule has 0 aliphatic heterocycles. The summed E-state index contributed by atoms with van der Waals surface area (Å²) in [6, 6.07) is 12.0. The number of benzene rings is 2. The Hall–Kier alpha value is -2.08. The smallest absolute Gasteiger partial charge is 0.184 e. The molecule has 0 radical (unpaired) electrons. The lowest BCUT2D eigenvalue weighted by atomic mass is 10.3. The third-order valence-corrected chi connectivity index (χ3v) is 4.41. The maximum atomic E-state index is 13.5. The molecule has 0 saturated carbocycles. The van der Waals surface area contributed by atoms with Crippen LogP contribution in [0, 0.1) is 5.82 Å². The Morgan fingerprint density at radius 3 is 2.40 bits per heavy atom. The number of hydrogen-bond donors (Lipinski definition) is 1. The third kappa shape index (κ3) is 3.27. The number of ether oxygens (including phenoxy) is 1. The van der Waals surface area contributed by atoms with Gasteiger partial charge in [0, 0.05) is 0 Å². The van der Waals surface area contributed by atoms with Crippen LogP contribution in [0.3, 0.4) is 0 Å². The molecular formula is C14H14FNO3S. The van der Waals surface area contributed by atoms with E-state index in [1.807, 2.05) is 0 Å². The molecule has 0 spiro atoms. The number of hydrogen-bond acceptors (Lipinski definition) is 4. The van der Waals surface area contributed by atoms with Gasteiger partial charge in [-0.2, -0.15) is 0 Å². The van der Waals surface area contributed by atoms with Gasteiger partial charge >= 0.3 is 0 Å². The van der Waals surface area contributed by atoms with E-state index in [4.69, 9.17) is 10.5 Å². The topological polar surface area (TPSA) is 69.4 Å². The highest BCUT2D eigenvalue weighted by atomic mass is 32.2. The zero-order chi connectivity index (χ0) is 14.6. The lowest BCUT2D eigenvalue weighted by Crippen LogP contribution is -2.15. The summed E-state index contributed by atoms with van der Waals surface area (Å²) in [5.41, 5.74) is 6.10. The molecule has 0 amide bonds. The minimum absolute atomic E-state index is 0.0924. The van der Waals surface area contributed by atoms with Crippen molar-refractivity contribution in [3.05, 3.63) is 54.3 Å². The van der Waals surface area contributed by atoms with Crippen molar-refractivity contribution in [2.24, 2.45) is 0 Å². The van der Waals surface area contributed by atoms with Crippen LogP contribution in [0.1, 0.15) is 0 Å². The standard InChI is InChI=1S/C14H14FNO3S/c15-11-5-1-4-8-14(11)20(17,18)10-9-19-13-7-3-2-6-12(13)16/h1-8H,9-10,16H2. The summed E-state index contributed by atoms with van der Waals surface area (Å²) in [5.74, 6) is -0.662. The van der Waals surface area contributed by atoms with Gasteiger partial charge in [-0.3, -0.25) is 0 Å². The summed E-state index contributed by atoms with van der Waals surface area (Å²) in [5, 5.41) is 0. The molecule has 0 unspecified atom stereocenters. The first-order valence-electron chi connectivity index (χ1n) is 5.95. The molecule has 0 atom stereocenters. The molecule has 106 valence electrons. The Morgan fingerprint density at radius 2 is 1.70 bits per heavy atom. The SMILES string of the molecule is Nc1ccccc1OCCS(=O)(=O)c1ccccc1F. The molecule has 0 fully saturated rings. The van der Waals surface area contributed by atoms with Crippen LogP contribution < -0.4 is 10.5 Å². The second-order valence-corrected chi connectivity index (χ2v) is 6.21. The minimum atomic E-state index is -3.71. The fraction of sp³-hybridized carbons (Fsp3) is 0.143. The van der Waals surface area contributed by atoms with Gasteiger partial charge in [0.05, 0.1) is 11.4 Å². The monoisotopic (exact) mass is 295 g/mol. The van der Waals surface area contributed by atoms with Gasteiger partial charge < -0.3 is 10.5 Å². The normalized spacial score (nSPS) is 11.2. The van der Waals surface area contributed by atoms with Crippen molar-refractivity contribution in [1.82, 2.24) is 0 Å². The molecule has 6 heteroatoms.